The highest BCUT2D eigenvalue weighted by molar-refractivity contribution is 5.80. The number of rotatable bonds is 9. The van der Waals surface area contributed by atoms with Crippen molar-refractivity contribution in [1.82, 2.24) is 24.8 Å². The third-order valence-corrected chi connectivity index (χ3v) is 8.93. The standard InChI is InChI=1S/C33H38F2N8O5/c1-20-15-41(24-16-47-17-24)10-11-43(20)26-5-7-29(40-31(26)46-3)39-30-13-25(37-19-38-30)22-4-6-27(23(12-22)14-36)48-28-8-9-42(18-33(28,34)35)32(45)21(2)44/h4-7,12-13,19-21,24,28,44H,8-11,15-18H2,1-3H3,(H,37,38,39,40). The van der Waals surface area contributed by atoms with Crippen LogP contribution in [0.2, 0.25) is 0 Å². The van der Waals surface area contributed by atoms with Gasteiger partial charge >= 0.3 is 5.92 Å². The Bertz CT molecular complexity index is 1680. The molecule has 5 heterocycles. The lowest BCUT2D eigenvalue weighted by molar-refractivity contribution is -0.165. The zero-order valence-corrected chi connectivity index (χ0v) is 27.0. The number of nitrogens with zero attached hydrogens (tertiary/aromatic N) is 7. The van der Waals surface area contributed by atoms with Crippen LogP contribution in [0.15, 0.2) is 42.7 Å². The van der Waals surface area contributed by atoms with Gasteiger partial charge in [-0.15, -0.1) is 0 Å². The van der Waals surface area contributed by atoms with Crippen LogP contribution in [0.5, 0.6) is 11.6 Å². The Morgan fingerprint density at radius 1 is 1.17 bits per heavy atom. The summed E-state index contributed by atoms with van der Waals surface area (Å²) in [6.45, 7) is 6.84. The smallest absolute Gasteiger partial charge is 0.301 e. The number of hydrogen-bond acceptors (Lipinski definition) is 12. The average molecular weight is 665 g/mol. The first-order valence-electron chi connectivity index (χ1n) is 15.8. The molecular weight excluding hydrogens is 626 g/mol. The molecule has 2 N–H and O–H groups in total. The summed E-state index contributed by atoms with van der Waals surface area (Å²) in [4.78, 5) is 31.1. The van der Waals surface area contributed by atoms with Crippen molar-refractivity contribution < 1.29 is 32.9 Å². The Kier molecular flexibility index (Phi) is 9.58. The number of methoxy groups -OCH3 is 1. The Hall–Kier alpha value is -4.65. The van der Waals surface area contributed by atoms with Gasteiger partial charge in [-0.05, 0) is 44.2 Å². The van der Waals surface area contributed by atoms with E-state index in [1.54, 1.807) is 19.2 Å². The first kappa shape index (κ1) is 33.3. The highest BCUT2D eigenvalue weighted by Crippen LogP contribution is 2.35. The Morgan fingerprint density at radius 3 is 2.65 bits per heavy atom. The molecule has 3 aromatic rings. The van der Waals surface area contributed by atoms with Crippen molar-refractivity contribution in [3.63, 3.8) is 0 Å². The van der Waals surface area contributed by atoms with Crippen molar-refractivity contribution in [3.8, 4) is 29.0 Å². The van der Waals surface area contributed by atoms with Crippen molar-refractivity contribution in [3.05, 3.63) is 48.3 Å². The minimum atomic E-state index is -3.38. The molecule has 3 atom stereocenters. The first-order valence-corrected chi connectivity index (χ1v) is 15.8. The maximum absolute atomic E-state index is 14.9. The molecule has 0 radical (unpaired) electrons. The maximum Gasteiger partial charge on any atom is 0.301 e. The Labute approximate surface area is 277 Å². The summed E-state index contributed by atoms with van der Waals surface area (Å²) >= 11 is 0. The highest BCUT2D eigenvalue weighted by atomic mass is 19.3. The highest BCUT2D eigenvalue weighted by Gasteiger charge is 2.48. The molecule has 15 heteroatoms. The van der Waals surface area contributed by atoms with Crippen LogP contribution in [0.4, 0.5) is 26.1 Å². The van der Waals surface area contributed by atoms with Gasteiger partial charge in [0.2, 0.25) is 5.88 Å². The van der Waals surface area contributed by atoms with Gasteiger partial charge in [0, 0.05) is 50.3 Å². The van der Waals surface area contributed by atoms with E-state index < -0.39 is 30.6 Å². The lowest BCUT2D eigenvalue weighted by Crippen LogP contribution is -2.59. The number of alkyl halides is 2. The van der Waals surface area contributed by atoms with Crippen molar-refractivity contribution >= 4 is 23.2 Å². The predicted octanol–water partition coefficient (Wildman–Crippen LogP) is 3.07. The van der Waals surface area contributed by atoms with Gasteiger partial charge in [0.1, 0.15) is 41.6 Å². The van der Waals surface area contributed by atoms with Crippen LogP contribution in [-0.4, -0.2) is 119 Å². The Balaban J connectivity index is 1.13. The molecule has 3 fully saturated rings. The first-order chi connectivity index (χ1) is 23.1. The van der Waals surface area contributed by atoms with Crippen molar-refractivity contribution in [2.45, 2.75) is 50.5 Å². The number of carbonyl (C=O) groups excluding carboxylic acids is 1. The van der Waals surface area contributed by atoms with Crippen LogP contribution in [0.3, 0.4) is 0 Å². The van der Waals surface area contributed by atoms with Crippen LogP contribution in [-0.2, 0) is 9.53 Å². The van der Waals surface area contributed by atoms with E-state index in [-0.39, 0.29) is 30.3 Å². The summed E-state index contributed by atoms with van der Waals surface area (Å²) in [5.74, 6) is -2.69. The molecule has 48 heavy (non-hydrogen) atoms. The second-order valence-electron chi connectivity index (χ2n) is 12.3. The van der Waals surface area contributed by atoms with Crippen LogP contribution < -0.4 is 19.7 Å². The number of piperidine rings is 1. The molecule has 3 aliphatic rings. The molecule has 0 saturated carbocycles. The number of ether oxygens (including phenoxy) is 3. The lowest BCUT2D eigenvalue weighted by atomic mass is 10.0. The number of hydrogen-bond donors (Lipinski definition) is 2. The molecule has 0 spiro atoms. The van der Waals surface area contributed by atoms with Crippen molar-refractivity contribution in [1.29, 1.82) is 5.26 Å². The lowest BCUT2D eigenvalue weighted by Gasteiger charge is -2.46. The van der Waals surface area contributed by atoms with E-state index in [0.717, 1.165) is 43.4 Å². The Morgan fingerprint density at radius 2 is 1.98 bits per heavy atom. The van der Waals surface area contributed by atoms with E-state index >= 15 is 0 Å². The number of likely N-dealkylation sites (tertiary alicyclic amines) is 1. The van der Waals surface area contributed by atoms with E-state index in [9.17, 15) is 23.9 Å². The number of nitrogens with one attached hydrogen (secondary N) is 1. The maximum atomic E-state index is 14.9. The van der Waals surface area contributed by atoms with Crippen LogP contribution in [0.25, 0.3) is 11.3 Å². The van der Waals surface area contributed by atoms with Gasteiger partial charge in [0.05, 0.1) is 44.2 Å². The van der Waals surface area contributed by atoms with Gasteiger partial charge in [-0.2, -0.15) is 10.2 Å². The topological polar surface area (TPSA) is 149 Å². The fourth-order valence-electron chi connectivity index (χ4n) is 6.25. The third kappa shape index (κ3) is 6.96. The molecule has 3 aliphatic heterocycles. The zero-order chi connectivity index (χ0) is 34.0. The van der Waals surface area contributed by atoms with Crippen LogP contribution >= 0.6 is 0 Å². The molecule has 2 aromatic heterocycles. The monoisotopic (exact) mass is 664 g/mol. The summed E-state index contributed by atoms with van der Waals surface area (Å²) in [6, 6.07) is 12.9. The molecule has 13 nitrogen and oxygen atoms in total. The fraction of sp³-hybridized carbons (Fsp3) is 0.485. The van der Waals surface area contributed by atoms with Crippen LogP contribution in [0.1, 0.15) is 25.8 Å². The third-order valence-electron chi connectivity index (χ3n) is 8.93. The molecule has 6 rings (SSSR count). The second-order valence-corrected chi connectivity index (χ2v) is 12.3. The summed E-state index contributed by atoms with van der Waals surface area (Å²) in [5, 5.41) is 22.5. The number of nitriles is 1. The molecule has 1 aromatic carbocycles. The molecule has 0 bridgehead atoms. The number of pyridine rings is 1. The van der Waals surface area contributed by atoms with E-state index in [4.69, 9.17) is 14.2 Å². The number of piperazine rings is 1. The van der Waals surface area contributed by atoms with E-state index in [1.165, 1.54) is 25.4 Å². The van der Waals surface area contributed by atoms with Crippen molar-refractivity contribution in [2.24, 2.45) is 0 Å². The van der Waals surface area contributed by atoms with Gasteiger partial charge in [-0.3, -0.25) is 9.69 Å². The van der Waals surface area contributed by atoms with E-state index in [1.807, 2.05) is 18.2 Å². The zero-order valence-electron chi connectivity index (χ0n) is 27.0. The number of carbonyl (C=O) groups is 1. The second kappa shape index (κ2) is 13.8. The van der Waals surface area contributed by atoms with Gasteiger partial charge in [0.15, 0.2) is 6.10 Å². The van der Waals surface area contributed by atoms with Crippen LogP contribution in [0, 0.1) is 11.3 Å². The van der Waals surface area contributed by atoms with Crippen molar-refractivity contribution in [2.75, 3.05) is 63.3 Å². The number of amides is 1. The molecule has 254 valence electrons. The molecule has 3 unspecified atom stereocenters. The number of aromatic nitrogens is 3. The van der Waals surface area contributed by atoms with E-state index in [2.05, 4.69) is 37.0 Å². The molecular formula is C33H38F2N8O5. The molecule has 3 saturated heterocycles. The number of halogens is 2. The summed E-state index contributed by atoms with van der Waals surface area (Å²) in [7, 11) is 1.59. The summed E-state index contributed by atoms with van der Waals surface area (Å²) < 4.78 is 46.6. The number of aliphatic hydroxyl groups excluding tert-OH is 1. The van der Waals surface area contributed by atoms with Gasteiger partial charge in [-0.25, -0.2) is 18.7 Å². The fourth-order valence-corrected chi connectivity index (χ4v) is 6.25. The van der Waals surface area contributed by atoms with E-state index in [0.29, 0.717) is 34.8 Å². The minimum Gasteiger partial charge on any atom is -0.483 e. The average Bonchev–Trinajstić information content (AvgIpc) is 3.04. The SMILES string of the molecule is COc1nc(Nc2cc(-c3ccc(OC4CCN(C(=O)C(C)O)CC4(F)F)c(C#N)c3)ncn2)ccc1N1CCN(C2COC2)CC1C. The number of anilines is 3. The number of aliphatic hydroxyl groups is 1. The quantitative estimate of drug-likeness (QED) is 0.346. The summed E-state index contributed by atoms with van der Waals surface area (Å²) in [6.07, 6.45) is -1.71. The minimum absolute atomic E-state index is 0.00203. The number of benzene rings is 1. The molecule has 0 aliphatic carbocycles. The van der Waals surface area contributed by atoms with Gasteiger partial charge < -0.3 is 34.4 Å². The normalized spacial score (nSPS) is 21.9. The largest absolute Gasteiger partial charge is 0.483 e. The predicted molar refractivity (Wildman–Crippen MR) is 171 cm³/mol. The van der Waals surface area contributed by atoms with Gasteiger partial charge in [-0.1, -0.05) is 0 Å². The summed E-state index contributed by atoms with van der Waals surface area (Å²) in [5.41, 5.74) is 2.00. The van der Waals surface area contributed by atoms with Gasteiger partial charge in [0.25, 0.3) is 5.91 Å². The molecule has 1 amide bonds.